The molecule has 0 aliphatic heterocycles. The van der Waals surface area contributed by atoms with Gasteiger partial charge in [0.25, 0.3) is 0 Å². The fraction of sp³-hybridized carbons (Fsp3) is 0.312. The molecule has 1 aromatic heterocycles. The van der Waals surface area contributed by atoms with Crippen molar-refractivity contribution >= 4 is 17.2 Å². The molecule has 2 aromatic rings. The number of amides is 1. The van der Waals surface area contributed by atoms with Gasteiger partial charge < -0.3 is 11.1 Å². The van der Waals surface area contributed by atoms with E-state index in [4.69, 9.17) is 5.73 Å². The predicted octanol–water partition coefficient (Wildman–Crippen LogP) is 2.55. The number of benzene rings is 1. The van der Waals surface area contributed by atoms with Gasteiger partial charge in [0, 0.05) is 9.75 Å². The monoisotopic (exact) mass is 288 g/mol. The zero-order chi connectivity index (χ0) is 14.5. The largest absolute Gasteiger partial charge is 0.350 e. The summed E-state index contributed by atoms with van der Waals surface area (Å²) in [5, 5.41) is 2.91. The second-order valence-corrected chi connectivity index (χ2v) is 6.31. The molecule has 106 valence electrons. The van der Waals surface area contributed by atoms with Gasteiger partial charge in [-0.2, -0.15) is 0 Å². The molecule has 0 bridgehead atoms. The molecule has 0 radical (unpaired) electrons. The number of aryl methyl sites for hydroxylation is 2. The lowest BCUT2D eigenvalue weighted by atomic mass is 10.1. The first kappa shape index (κ1) is 14.8. The first-order valence-electron chi connectivity index (χ1n) is 6.69. The molecule has 0 saturated carbocycles. The van der Waals surface area contributed by atoms with Crippen LogP contribution in [0.1, 0.15) is 20.9 Å². The van der Waals surface area contributed by atoms with Gasteiger partial charge in [0.05, 0.1) is 12.6 Å². The van der Waals surface area contributed by atoms with E-state index in [1.54, 1.807) is 11.3 Å². The first-order valence-corrected chi connectivity index (χ1v) is 7.51. The van der Waals surface area contributed by atoms with Crippen molar-refractivity contribution < 1.29 is 4.79 Å². The molecule has 1 amide bonds. The molecule has 1 aromatic carbocycles. The second-order valence-electron chi connectivity index (χ2n) is 4.97. The first-order chi connectivity index (χ1) is 9.56. The SMILES string of the molecule is Cc1cc(CNC(=O)[C@@H](N)Cc2ccccc2)sc1C. The highest BCUT2D eigenvalue weighted by molar-refractivity contribution is 7.12. The summed E-state index contributed by atoms with van der Waals surface area (Å²) in [5.74, 6) is -0.0995. The lowest BCUT2D eigenvalue weighted by Gasteiger charge is -2.11. The molecule has 0 aliphatic carbocycles. The van der Waals surface area contributed by atoms with Gasteiger partial charge in [-0.1, -0.05) is 30.3 Å². The Bertz CT molecular complexity index is 558. The van der Waals surface area contributed by atoms with Gasteiger partial charge in [-0.05, 0) is 37.5 Å². The summed E-state index contributed by atoms with van der Waals surface area (Å²) < 4.78 is 0. The third-order valence-electron chi connectivity index (χ3n) is 3.29. The van der Waals surface area contributed by atoms with E-state index in [0.717, 1.165) is 5.56 Å². The van der Waals surface area contributed by atoms with Gasteiger partial charge in [0.15, 0.2) is 0 Å². The lowest BCUT2D eigenvalue weighted by molar-refractivity contribution is -0.122. The van der Waals surface area contributed by atoms with Crippen LogP contribution >= 0.6 is 11.3 Å². The van der Waals surface area contributed by atoms with Crippen LogP contribution in [-0.2, 0) is 17.8 Å². The van der Waals surface area contributed by atoms with E-state index in [-0.39, 0.29) is 5.91 Å². The Kier molecular flexibility index (Phi) is 4.93. The maximum Gasteiger partial charge on any atom is 0.237 e. The van der Waals surface area contributed by atoms with Crippen LogP contribution in [0.15, 0.2) is 36.4 Å². The third-order valence-corrected chi connectivity index (χ3v) is 4.44. The quantitative estimate of drug-likeness (QED) is 0.888. The summed E-state index contributed by atoms with van der Waals surface area (Å²) >= 11 is 1.72. The molecule has 1 atom stereocenters. The van der Waals surface area contributed by atoms with E-state index in [1.807, 2.05) is 30.3 Å². The van der Waals surface area contributed by atoms with Crippen LogP contribution in [-0.4, -0.2) is 11.9 Å². The van der Waals surface area contributed by atoms with E-state index in [0.29, 0.717) is 13.0 Å². The molecule has 0 spiro atoms. The molecule has 2 rings (SSSR count). The van der Waals surface area contributed by atoms with Crippen LogP contribution in [0.25, 0.3) is 0 Å². The number of carbonyl (C=O) groups is 1. The highest BCUT2D eigenvalue weighted by Gasteiger charge is 2.14. The van der Waals surface area contributed by atoms with E-state index < -0.39 is 6.04 Å². The summed E-state index contributed by atoms with van der Waals surface area (Å²) in [4.78, 5) is 14.4. The standard InChI is InChI=1S/C16H20N2OS/c1-11-8-14(20-12(11)2)10-18-16(19)15(17)9-13-6-4-3-5-7-13/h3-8,15H,9-10,17H2,1-2H3,(H,18,19)/t15-/m0/s1. The van der Waals surface area contributed by atoms with Gasteiger partial charge in [-0.3, -0.25) is 4.79 Å². The van der Waals surface area contributed by atoms with Crippen molar-refractivity contribution in [1.29, 1.82) is 0 Å². The number of carbonyl (C=O) groups excluding carboxylic acids is 1. The van der Waals surface area contributed by atoms with Gasteiger partial charge in [-0.25, -0.2) is 0 Å². The number of thiophene rings is 1. The maximum atomic E-state index is 12.0. The Morgan fingerprint density at radius 3 is 2.60 bits per heavy atom. The van der Waals surface area contributed by atoms with Crippen LogP contribution in [0.3, 0.4) is 0 Å². The van der Waals surface area contributed by atoms with Crippen LogP contribution < -0.4 is 11.1 Å². The molecular formula is C16H20N2OS. The van der Waals surface area contributed by atoms with Crippen molar-refractivity contribution in [3.8, 4) is 0 Å². The fourth-order valence-corrected chi connectivity index (χ4v) is 3.00. The average Bonchev–Trinajstić information content (AvgIpc) is 2.76. The number of rotatable bonds is 5. The molecule has 20 heavy (non-hydrogen) atoms. The minimum Gasteiger partial charge on any atom is -0.350 e. The van der Waals surface area contributed by atoms with Crippen molar-refractivity contribution in [2.75, 3.05) is 0 Å². The van der Waals surface area contributed by atoms with Crippen LogP contribution in [0, 0.1) is 13.8 Å². The average molecular weight is 288 g/mol. The lowest BCUT2D eigenvalue weighted by Crippen LogP contribution is -2.41. The Balaban J connectivity index is 1.85. The molecular weight excluding hydrogens is 268 g/mol. The zero-order valence-corrected chi connectivity index (χ0v) is 12.7. The summed E-state index contributed by atoms with van der Waals surface area (Å²) in [7, 11) is 0. The molecule has 0 aliphatic rings. The molecule has 1 heterocycles. The summed E-state index contributed by atoms with van der Waals surface area (Å²) in [6.07, 6.45) is 0.565. The highest BCUT2D eigenvalue weighted by Crippen LogP contribution is 2.20. The molecule has 3 N–H and O–H groups in total. The normalized spacial score (nSPS) is 12.2. The Morgan fingerprint density at radius 2 is 2.00 bits per heavy atom. The highest BCUT2D eigenvalue weighted by atomic mass is 32.1. The van der Waals surface area contributed by atoms with E-state index in [2.05, 4.69) is 25.2 Å². The number of hydrogen-bond donors (Lipinski definition) is 2. The summed E-state index contributed by atoms with van der Waals surface area (Å²) in [6.45, 7) is 4.73. The van der Waals surface area contributed by atoms with E-state index in [9.17, 15) is 4.79 Å². The second kappa shape index (κ2) is 6.68. The van der Waals surface area contributed by atoms with Crippen molar-refractivity contribution in [1.82, 2.24) is 5.32 Å². The molecule has 0 saturated heterocycles. The minimum absolute atomic E-state index is 0.0995. The van der Waals surface area contributed by atoms with Crippen molar-refractivity contribution in [3.63, 3.8) is 0 Å². The number of nitrogens with two attached hydrogens (primary N) is 1. The van der Waals surface area contributed by atoms with Gasteiger partial charge in [0.2, 0.25) is 5.91 Å². The minimum atomic E-state index is -0.500. The Labute approximate surface area is 123 Å². The van der Waals surface area contributed by atoms with Crippen LogP contribution in [0.5, 0.6) is 0 Å². The van der Waals surface area contributed by atoms with E-state index in [1.165, 1.54) is 15.3 Å². The van der Waals surface area contributed by atoms with Crippen molar-refractivity contribution in [2.45, 2.75) is 32.9 Å². The van der Waals surface area contributed by atoms with Crippen molar-refractivity contribution in [3.05, 3.63) is 57.3 Å². The maximum absolute atomic E-state index is 12.0. The van der Waals surface area contributed by atoms with Gasteiger partial charge >= 0.3 is 0 Å². The van der Waals surface area contributed by atoms with Crippen molar-refractivity contribution in [2.24, 2.45) is 5.73 Å². The molecule has 0 unspecified atom stereocenters. The third kappa shape index (κ3) is 3.92. The fourth-order valence-electron chi connectivity index (χ4n) is 2.00. The number of hydrogen-bond acceptors (Lipinski definition) is 3. The molecule has 4 heteroatoms. The van der Waals surface area contributed by atoms with Gasteiger partial charge in [0.1, 0.15) is 0 Å². The predicted molar refractivity (Wildman–Crippen MR) is 83.8 cm³/mol. The summed E-state index contributed by atoms with van der Waals surface area (Å²) in [5.41, 5.74) is 8.29. The molecule has 0 fully saturated rings. The van der Waals surface area contributed by atoms with Crippen LogP contribution in [0.2, 0.25) is 0 Å². The smallest absolute Gasteiger partial charge is 0.237 e. The van der Waals surface area contributed by atoms with Crippen LogP contribution in [0.4, 0.5) is 0 Å². The topological polar surface area (TPSA) is 55.1 Å². The Hall–Kier alpha value is -1.65. The summed E-state index contributed by atoms with van der Waals surface area (Å²) in [6, 6.07) is 11.5. The Morgan fingerprint density at radius 1 is 1.30 bits per heavy atom. The van der Waals surface area contributed by atoms with Gasteiger partial charge in [-0.15, -0.1) is 11.3 Å². The van der Waals surface area contributed by atoms with E-state index >= 15 is 0 Å². The number of nitrogens with one attached hydrogen (secondary N) is 1. The zero-order valence-electron chi connectivity index (χ0n) is 11.8. The molecule has 3 nitrogen and oxygen atoms in total.